The number of amides is 2. The maximum atomic E-state index is 11.9. The van der Waals surface area contributed by atoms with Crippen LogP contribution in [0.2, 0.25) is 0 Å². The zero-order valence-electron chi connectivity index (χ0n) is 14.5. The first-order valence-corrected chi connectivity index (χ1v) is 9.08. The average molecular weight is 362 g/mol. The van der Waals surface area contributed by atoms with Crippen molar-refractivity contribution in [2.75, 3.05) is 12.3 Å². The van der Waals surface area contributed by atoms with Crippen molar-refractivity contribution in [3.8, 4) is 11.5 Å². The van der Waals surface area contributed by atoms with Crippen LogP contribution < -0.4 is 10.6 Å². The molecule has 0 unspecified atom stereocenters. The lowest BCUT2D eigenvalue weighted by atomic mass is 10.1. The van der Waals surface area contributed by atoms with Gasteiger partial charge in [0.05, 0.1) is 5.75 Å². The van der Waals surface area contributed by atoms with Gasteiger partial charge in [-0.05, 0) is 32.4 Å². The van der Waals surface area contributed by atoms with Gasteiger partial charge in [0.15, 0.2) is 0 Å². The fourth-order valence-corrected chi connectivity index (χ4v) is 2.53. The van der Waals surface area contributed by atoms with Gasteiger partial charge in [0.2, 0.25) is 17.7 Å². The second-order valence-electron chi connectivity index (χ2n) is 5.61. The summed E-state index contributed by atoms with van der Waals surface area (Å²) >= 11 is 1.13. The lowest BCUT2D eigenvalue weighted by Gasteiger charge is -2.13. The van der Waals surface area contributed by atoms with E-state index in [4.69, 9.17) is 4.42 Å². The molecule has 1 atom stereocenters. The third-order valence-corrected chi connectivity index (χ3v) is 4.17. The van der Waals surface area contributed by atoms with E-state index in [9.17, 15) is 9.59 Å². The molecule has 1 heterocycles. The molecule has 0 radical (unpaired) electrons. The van der Waals surface area contributed by atoms with Gasteiger partial charge in [0.1, 0.15) is 6.04 Å². The van der Waals surface area contributed by atoms with Gasteiger partial charge < -0.3 is 15.1 Å². The Balaban J connectivity index is 1.82. The number of nitrogens with one attached hydrogen (secondary N) is 2. The molecule has 134 valence electrons. The van der Waals surface area contributed by atoms with Gasteiger partial charge in [-0.25, -0.2) is 0 Å². The normalized spacial score (nSPS) is 11.8. The van der Waals surface area contributed by atoms with E-state index in [0.717, 1.165) is 29.3 Å². The minimum Gasteiger partial charge on any atom is -0.411 e. The molecule has 2 amide bonds. The van der Waals surface area contributed by atoms with Gasteiger partial charge >= 0.3 is 0 Å². The lowest BCUT2D eigenvalue weighted by molar-refractivity contribution is -0.127. The van der Waals surface area contributed by atoms with Crippen molar-refractivity contribution in [2.45, 2.75) is 38.5 Å². The van der Waals surface area contributed by atoms with E-state index >= 15 is 0 Å². The predicted molar refractivity (Wildman–Crippen MR) is 96.1 cm³/mol. The SMILES string of the molecule is CCCNC(=O)[C@H](C)NC(=O)CSc1nnc(-c2ccc(C)cc2)o1. The van der Waals surface area contributed by atoms with E-state index in [1.165, 1.54) is 0 Å². The van der Waals surface area contributed by atoms with Crippen molar-refractivity contribution in [1.29, 1.82) is 0 Å². The minimum atomic E-state index is -0.578. The van der Waals surface area contributed by atoms with Gasteiger partial charge in [-0.15, -0.1) is 10.2 Å². The number of thioether (sulfide) groups is 1. The van der Waals surface area contributed by atoms with Crippen LogP contribution in [0.15, 0.2) is 33.9 Å². The zero-order chi connectivity index (χ0) is 18.2. The second kappa shape index (κ2) is 9.22. The fraction of sp³-hybridized carbons (Fsp3) is 0.412. The average Bonchev–Trinajstić information content (AvgIpc) is 3.07. The van der Waals surface area contributed by atoms with E-state index in [2.05, 4.69) is 20.8 Å². The monoisotopic (exact) mass is 362 g/mol. The van der Waals surface area contributed by atoms with Crippen molar-refractivity contribution in [3.63, 3.8) is 0 Å². The van der Waals surface area contributed by atoms with Gasteiger partial charge in [-0.1, -0.05) is 36.4 Å². The summed E-state index contributed by atoms with van der Waals surface area (Å²) in [6.45, 7) is 6.21. The molecule has 0 fully saturated rings. The van der Waals surface area contributed by atoms with Crippen LogP contribution in [0.3, 0.4) is 0 Å². The highest BCUT2D eigenvalue weighted by Gasteiger charge is 2.16. The summed E-state index contributed by atoms with van der Waals surface area (Å²) < 4.78 is 5.55. The van der Waals surface area contributed by atoms with E-state index in [-0.39, 0.29) is 17.6 Å². The van der Waals surface area contributed by atoms with Crippen LogP contribution in [-0.4, -0.2) is 40.4 Å². The highest BCUT2D eigenvalue weighted by Crippen LogP contribution is 2.23. The largest absolute Gasteiger partial charge is 0.411 e. The molecule has 2 rings (SSSR count). The molecule has 1 aromatic carbocycles. The Bertz CT molecular complexity index is 715. The number of aryl methyl sites for hydroxylation is 1. The molecule has 2 N–H and O–H groups in total. The molecule has 7 nitrogen and oxygen atoms in total. The van der Waals surface area contributed by atoms with Crippen LogP contribution in [0.25, 0.3) is 11.5 Å². The number of carbonyl (C=O) groups is 2. The predicted octanol–water partition coefficient (Wildman–Crippen LogP) is 2.17. The van der Waals surface area contributed by atoms with Gasteiger partial charge in [-0.3, -0.25) is 9.59 Å². The first-order chi connectivity index (χ1) is 12.0. The van der Waals surface area contributed by atoms with Crippen molar-refractivity contribution >= 4 is 23.6 Å². The number of aromatic nitrogens is 2. The molecule has 0 saturated heterocycles. The van der Waals surface area contributed by atoms with E-state index < -0.39 is 6.04 Å². The summed E-state index contributed by atoms with van der Waals surface area (Å²) in [5.74, 6) is 0.0510. The summed E-state index contributed by atoms with van der Waals surface area (Å²) in [6, 6.07) is 7.15. The van der Waals surface area contributed by atoms with Crippen LogP contribution in [0.5, 0.6) is 0 Å². The lowest BCUT2D eigenvalue weighted by Crippen LogP contribution is -2.45. The Labute approximate surface area is 151 Å². The van der Waals surface area contributed by atoms with Crippen LogP contribution in [0, 0.1) is 6.92 Å². The Morgan fingerprint density at radius 1 is 1.24 bits per heavy atom. The molecule has 0 spiro atoms. The van der Waals surface area contributed by atoms with Crippen LogP contribution in [0.1, 0.15) is 25.8 Å². The third kappa shape index (κ3) is 5.90. The summed E-state index contributed by atoms with van der Waals surface area (Å²) in [4.78, 5) is 23.6. The Morgan fingerprint density at radius 2 is 1.96 bits per heavy atom. The summed E-state index contributed by atoms with van der Waals surface area (Å²) in [5, 5.41) is 13.6. The van der Waals surface area contributed by atoms with Crippen molar-refractivity contribution < 1.29 is 14.0 Å². The van der Waals surface area contributed by atoms with Crippen LogP contribution >= 0.6 is 11.8 Å². The van der Waals surface area contributed by atoms with Gasteiger partial charge in [0.25, 0.3) is 5.22 Å². The number of benzene rings is 1. The van der Waals surface area contributed by atoms with E-state index in [1.807, 2.05) is 38.1 Å². The molecule has 0 bridgehead atoms. The van der Waals surface area contributed by atoms with Crippen molar-refractivity contribution in [2.24, 2.45) is 0 Å². The number of hydrogen-bond acceptors (Lipinski definition) is 6. The molecule has 8 heteroatoms. The quantitative estimate of drug-likeness (QED) is 0.699. The molecular weight excluding hydrogens is 340 g/mol. The number of hydrogen-bond donors (Lipinski definition) is 2. The molecule has 1 aromatic heterocycles. The third-order valence-electron chi connectivity index (χ3n) is 3.35. The van der Waals surface area contributed by atoms with Gasteiger partial charge in [-0.2, -0.15) is 0 Å². The smallest absolute Gasteiger partial charge is 0.277 e. The van der Waals surface area contributed by atoms with Crippen LogP contribution in [-0.2, 0) is 9.59 Å². The Hall–Kier alpha value is -2.35. The molecular formula is C17H22N4O3S. The topological polar surface area (TPSA) is 97.1 Å². The molecule has 2 aromatic rings. The highest BCUT2D eigenvalue weighted by molar-refractivity contribution is 7.99. The zero-order valence-corrected chi connectivity index (χ0v) is 15.4. The molecule has 0 aliphatic rings. The van der Waals surface area contributed by atoms with Gasteiger partial charge in [0, 0.05) is 12.1 Å². The van der Waals surface area contributed by atoms with Crippen molar-refractivity contribution in [1.82, 2.24) is 20.8 Å². The molecule has 0 aliphatic carbocycles. The molecule has 0 aliphatic heterocycles. The number of rotatable bonds is 8. The molecule has 25 heavy (non-hydrogen) atoms. The summed E-state index contributed by atoms with van der Waals surface area (Å²) in [7, 11) is 0. The highest BCUT2D eigenvalue weighted by atomic mass is 32.2. The van der Waals surface area contributed by atoms with Crippen molar-refractivity contribution in [3.05, 3.63) is 29.8 Å². The maximum absolute atomic E-state index is 11.9. The van der Waals surface area contributed by atoms with Crippen LogP contribution in [0.4, 0.5) is 0 Å². The standard InChI is InChI=1S/C17H22N4O3S/c1-4-9-18-15(23)12(3)19-14(22)10-25-17-21-20-16(24-17)13-7-5-11(2)6-8-13/h5-8,12H,4,9-10H2,1-3H3,(H,18,23)(H,19,22)/t12-/m0/s1. The Kier molecular flexibility index (Phi) is 7.00. The summed E-state index contributed by atoms with van der Waals surface area (Å²) in [5.41, 5.74) is 1.97. The number of carbonyl (C=O) groups excluding carboxylic acids is 2. The fourth-order valence-electron chi connectivity index (χ4n) is 1.96. The number of nitrogens with zero attached hydrogens (tertiary/aromatic N) is 2. The second-order valence-corrected chi connectivity index (χ2v) is 6.53. The van der Waals surface area contributed by atoms with E-state index in [1.54, 1.807) is 6.92 Å². The first-order valence-electron chi connectivity index (χ1n) is 8.10. The van der Waals surface area contributed by atoms with E-state index in [0.29, 0.717) is 17.7 Å². The molecule has 0 saturated carbocycles. The maximum Gasteiger partial charge on any atom is 0.277 e. The minimum absolute atomic E-state index is 0.0981. The first kappa shape index (κ1) is 19.0. The summed E-state index contributed by atoms with van der Waals surface area (Å²) in [6.07, 6.45) is 0.850. The Morgan fingerprint density at radius 3 is 2.64 bits per heavy atom.